The molecule has 0 spiro atoms. The van der Waals surface area contributed by atoms with Crippen molar-refractivity contribution < 1.29 is 4.74 Å². The Bertz CT molecular complexity index is 892. The Morgan fingerprint density at radius 3 is 2.88 bits per heavy atom. The number of nitrogen functional groups attached to an aromatic ring is 1. The number of hydrogen-bond donors (Lipinski definition) is 2. The first-order valence-electron chi connectivity index (χ1n) is 9.04. The largest absolute Gasteiger partial charge is 0.382 e. The second-order valence-corrected chi connectivity index (χ2v) is 6.71. The Labute approximate surface area is 152 Å². The molecule has 2 aromatic heterocycles. The molecule has 1 saturated heterocycles. The molecule has 0 saturated carbocycles. The summed E-state index contributed by atoms with van der Waals surface area (Å²) >= 11 is 0. The van der Waals surface area contributed by atoms with Gasteiger partial charge in [0.25, 0.3) is 0 Å². The van der Waals surface area contributed by atoms with Crippen molar-refractivity contribution in [3.63, 3.8) is 0 Å². The molecule has 0 unspecified atom stereocenters. The first-order chi connectivity index (χ1) is 12.8. The Morgan fingerprint density at radius 1 is 1.12 bits per heavy atom. The van der Waals surface area contributed by atoms with Crippen molar-refractivity contribution in [2.24, 2.45) is 5.92 Å². The minimum atomic E-state index is 0.408. The fourth-order valence-electron chi connectivity index (χ4n) is 3.33. The van der Waals surface area contributed by atoms with Crippen molar-refractivity contribution in [3.8, 4) is 11.3 Å². The number of fused-ring (bicyclic) bond motifs is 1. The molecule has 134 valence electrons. The topological polar surface area (TPSA) is 86.0 Å². The summed E-state index contributed by atoms with van der Waals surface area (Å²) in [5.41, 5.74) is 10.5. The third kappa shape index (κ3) is 3.81. The predicted molar refractivity (Wildman–Crippen MR) is 102 cm³/mol. The van der Waals surface area contributed by atoms with Crippen LogP contribution in [0.4, 0.5) is 5.82 Å². The lowest BCUT2D eigenvalue weighted by Gasteiger charge is -2.22. The maximum absolute atomic E-state index is 5.94. The van der Waals surface area contributed by atoms with Gasteiger partial charge in [0.2, 0.25) is 0 Å². The number of anilines is 1. The van der Waals surface area contributed by atoms with E-state index in [9.17, 15) is 0 Å². The van der Waals surface area contributed by atoms with E-state index in [2.05, 4.69) is 44.5 Å². The molecule has 6 heteroatoms. The van der Waals surface area contributed by atoms with Gasteiger partial charge in [0.15, 0.2) is 5.82 Å². The van der Waals surface area contributed by atoms with Gasteiger partial charge in [-0.25, -0.2) is 15.0 Å². The fourth-order valence-corrected chi connectivity index (χ4v) is 3.33. The van der Waals surface area contributed by atoms with Gasteiger partial charge in [-0.1, -0.05) is 18.2 Å². The Kier molecular flexibility index (Phi) is 5.04. The van der Waals surface area contributed by atoms with Gasteiger partial charge in [-0.15, -0.1) is 0 Å². The van der Waals surface area contributed by atoms with Crippen molar-refractivity contribution in [1.82, 2.24) is 20.3 Å². The van der Waals surface area contributed by atoms with Crippen LogP contribution in [0.1, 0.15) is 18.4 Å². The number of hydrogen-bond acceptors (Lipinski definition) is 6. The Balaban J connectivity index is 1.47. The highest BCUT2D eigenvalue weighted by atomic mass is 16.5. The second kappa shape index (κ2) is 7.76. The van der Waals surface area contributed by atoms with Gasteiger partial charge < -0.3 is 15.8 Å². The second-order valence-electron chi connectivity index (χ2n) is 6.71. The van der Waals surface area contributed by atoms with E-state index in [1.807, 2.05) is 12.1 Å². The number of ether oxygens (including phenoxy) is 1. The molecule has 1 aromatic carbocycles. The fraction of sp³-hybridized carbons (Fsp3) is 0.350. The zero-order valence-electron chi connectivity index (χ0n) is 14.7. The minimum Gasteiger partial charge on any atom is -0.382 e. The van der Waals surface area contributed by atoms with Gasteiger partial charge in [-0.05, 0) is 49.1 Å². The molecular weight excluding hydrogens is 326 g/mol. The Hall–Kier alpha value is -2.57. The molecule has 4 rings (SSSR count). The SMILES string of the molecule is Nc1ncnc2ccc(-c3cccc(CNCC4CCOCC4)c3)nc12. The number of pyridine rings is 1. The first kappa shape index (κ1) is 16.9. The standard InChI is InChI=1S/C20H23N5O/c21-20-19-18(23-13-24-20)5-4-17(25-19)16-3-1-2-15(10-16)12-22-11-14-6-8-26-9-7-14/h1-5,10,13-14,22H,6-9,11-12H2,(H2,21,23,24). The number of nitrogens with two attached hydrogens (primary N) is 1. The smallest absolute Gasteiger partial charge is 0.153 e. The third-order valence-electron chi connectivity index (χ3n) is 4.84. The van der Waals surface area contributed by atoms with Gasteiger partial charge >= 0.3 is 0 Å². The summed E-state index contributed by atoms with van der Waals surface area (Å²) in [6.45, 7) is 3.67. The van der Waals surface area contributed by atoms with Crippen LogP contribution in [0, 0.1) is 5.92 Å². The summed E-state index contributed by atoms with van der Waals surface area (Å²) in [5.74, 6) is 1.13. The molecule has 26 heavy (non-hydrogen) atoms. The predicted octanol–water partition coefficient (Wildman–Crippen LogP) is 2.79. The summed E-state index contributed by atoms with van der Waals surface area (Å²) in [5, 5.41) is 3.57. The monoisotopic (exact) mass is 349 g/mol. The normalized spacial score (nSPS) is 15.4. The zero-order chi connectivity index (χ0) is 17.8. The summed E-state index contributed by atoms with van der Waals surface area (Å²) in [7, 11) is 0. The third-order valence-corrected chi connectivity index (χ3v) is 4.84. The summed E-state index contributed by atoms with van der Waals surface area (Å²) in [4.78, 5) is 12.9. The quantitative estimate of drug-likeness (QED) is 0.737. The Morgan fingerprint density at radius 2 is 2.00 bits per heavy atom. The van der Waals surface area contributed by atoms with Crippen LogP contribution in [0.2, 0.25) is 0 Å². The van der Waals surface area contributed by atoms with Crippen LogP contribution in [-0.4, -0.2) is 34.7 Å². The van der Waals surface area contributed by atoms with E-state index in [0.717, 1.165) is 61.8 Å². The highest BCUT2D eigenvalue weighted by molar-refractivity contribution is 5.85. The average Bonchev–Trinajstić information content (AvgIpc) is 2.69. The maximum atomic E-state index is 5.94. The number of aromatic nitrogens is 3. The van der Waals surface area contributed by atoms with Gasteiger partial charge in [-0.2, -0.15) is 0 Å². The lowest BCUT2D eigenvalue weighted by molar-refractivity contribution is 0.0662. The van der Waals surface area contributed by atoms with Gasteiger partial charge in [0.1, 0.15) is 11.8 Å². The molecule has 1 fully saturated rings. The number of nitrogens with zero attached hydrogens (tertiary/aromatic N) is 3. The molecule has 0 bridgehead atoms. The highest BCUT2D eigenvalue weighted by Gasteiger charge is 2.13. The minimum absolute atomic E-state index is 0.408. The van der Waals surface area contributed by atoms with E-state index in [1.165, 1.54) is 11.9 Å². The van der Waals surface area contributed by atoms with Crippen LogP contribution in [0.25, 0.3) is 22.3 Å². The molecule has 6 nitrogen and oxygen atoms in total. The highest BCUT2D eigenvalue weighted by Crippen LogP contribution is 2.23. The van der Waals surface area contributed by atoms with E-state index >= 15 is 0 Å². The molecule has 0 radical (unpaired) electrons. The van der Waals surface area contributed by atoms with Crippen LogP contribution >= 0.6 is 0 Å². The lowest BCUT2D eigenvalue weighted by Crippen LogP contribution is -2.27. The van der Waals surface area contributed by atoms with Crippen LogP contribution in [0.3, 0.4) is 0 Å². The lowest BCUT2D eigenvalue weighted by atomic mass is 10.0. The molecule has 3 N–H and O–H groups in total. The first-order valence-corrected chi connectivity index (χ1v) is 9.04. The average molecular weight is 349 g/mol. The zero-order valence-corrected chi connectivity index (χ0v) is 14.7. The molecule has 0 amide bonds. The van der Waals surface area contributed by atoms with Crippen LogP contribution < -0.4 is 11.1 Å². The van der Waals surface area contributed by atoms with E-state index in [4.69, 9.17) is 10.5 Å². The maximum Gasteiger partial charge on any atom is 0.153 e. The van der Waals surface area contributed by atoms with Crippen molar-refractivity contribution in [1.29, 1.82) is 0 Å². The molecule has 3 heterocycles. The molecule has 0 atom stereocenters. The number of rotatable bonds is 5. The summed E-state index contributed by atoms with van der Waals surface area (Å²) in [6.07, 6.45) is 3.76. The van der Waals surface area contributed by atoms with E-state index in [1.54, 1.807) is 0 Å². The van der Waals surface area contributed by atoms with Crippen molar-refractivity contribution in [2.45, 2.75) is 19.4 Å². The molecule has 3 aromatic rings. The van der Waals surface area contributed by atoms with Gasteiger partial charge in [0.05, 0.1) is 11.2 Å². The van der Waals surface area contributed by atoms with Crippen LogP contribution in [0.5, 0.6) is 0 Å². The van der Waals surface area contributed by atoms with Crippen LogP contribution in [-0.2, 0) is 11.3 Å². The molecule has 0 aliphatic carbocycles. The van der Waals surface area contributed by atoms with E-state index in [0.29, 0.717) is 11.3 Å². The summed E-state index contributed by atoms with van der Waals surface area (Å²) < 4.78 is 5.42. The molecule has 1 aliphatic heterocycles. The van der Waals surface area contributed by atoms with Gasteiger partial charge in [0, 0.05) is 25.3 Å². The van der Waals surface area contributed by atoms with Crippen molar-refractivity contribution in [2.75, 3.05) is 25.5 Å². The molecule has 1 aliphatic rings. The van der Waals surface area contributed by atoms with Gasteiger partial charge in [-0.3, -0.25) is 0 Å². The van der Waals surface area contributed by atoms with Crippen LogP contribution in [0.15, 0.2) is 42.7 Å². The van der Waals surface area contributed by atoms with E-state index in [-0.39, 0.29) is 0 Å². The van der Waals surface area contributed by atoms with Crippen molar-refractivity contribution >= 4 is 16.9 Å². The summed E-state index contributed by atoms with van der Waals surface area (Å²) in [6, 6.07) is 12.4. The number of nitrogens with one attached hydrogen (secondary N) is 1. The van der Waals surface area contributed by atoms with E-state index < -0.39 is 0 Å². The van der Waals surface area contributed by atoms with Crippen molar-refractivity contribution in [3.05, 3.63) is 48.3 Å². The molecular formula is C20H23N5O. The number of benzene rings is 1.